The highest BCUT2D eigenvalue weighted by molar-refractivity contribution is 9.10. The predicted molar refractivity (Wildman–Crippen MR) is 139 cm³/mol. The number of carbonyl (C=O) groups excluding carboxylic acids is 1. The van der Waals surface area contributed by atoms with E-state index in [1.807, 2.05) is 90.4 Å². The van der Waals surface area contributed by atoms with Gasteiger partial charge in [0.2, 0.25) is 0 Å². The molecule has 34 heavy (non-hydrogen) atoms. The van der Waals surface area contributed by atoms with Crippen molar-refractivity contribution in [1.82, 2.24) is 20.2 Å². The van der Waals surface area contributed by atoms with Crippen LogP contribution in [0.3, 0.4) is 0 Å². The van der Waals surface area contributed by atoms with Crippen molar-refractivity contribution in [2.24, 2.45) is 5.10 Å². The first-order valence-corrected chi connectivity index (χ1v) is 12.4. The normalized spacial score (nSPS) is 11.0. The highest BCUT2D eigenvalue weighted by atomic mass is 79.9. The molecule has 0 bridgehead atoms. The summed E-state index contributed by atoms with van der Waals surface area (Å²) < 4.78 is 8.48. The Balaban J connectivity index is 1.50. The number of hydrogen-bond donors (Lipinski definition) is 1. The van der Waals surface area contributed by atoms with Gasteiger partial charge in [-0.1, -0.05) is 70.2 Å². The summed E-state index contributed by atoms with van der Waals surface area (Å²) in [6.45, 7) is 2.55. The number of carbonyl (C=O) groups is 1. The number of nitrogens with one attached hydrogen (secondary N) is 1. The molecule has 0 aliphatic rings. The van der Waals surface area contributed by atoms with Crippen LogP contribution >= 0.6 is 27.7 Å². The van der Waals surface area contributed by atoms with Gasteiger partial charge in [0.15, 0.2) is 11.0 Å². The lowest BCUT2D eigenvalue weighted by atomic mass is 10.2. The van der Waals surface area contributed by atoms with E-state index in [1.54, 1.807) is 6.21 Å². The Labute approximate surface area is 210 Å². The smallest absolute Gasteiger partial charge is 0.250 e. The van der Waals surface area contributed by atoms with E-state index in [9.17, 15) is 4.79 Å². The summed E-state index contributed by atoms with van der Waals surface area (Å²) in [4.78, 5) is 12.4. The molecule has 0 saturated carbocycles. The lowest BCUT2D eigenvalue weighted by Crippen LogP contribution is -2.20. The summed E-state index contributed by atoms with van der Waals surface area (Å²) in [5, 5.41) is 13.4. The summed E-state index contributed by atoms with van der Waals surface area (Å²) in [5.41, 5.74) is 5.26. The van der Waals surface area contributed by atoms with Crippen molar-refractivity contribution in [1.29, 1.82) is 0 Å². The van der Waals surface area contributed by atoms with Gasteiger partial charge in [0.25, 0.3) is 5.91 Å². The number of rotatable bonds is 9. The van der Waals surface area contributed by atoms with E-state index in [0.717, 1.165) is 27.0 Å². The second-order valence-electron chi connectivity index (χ2n) is 7.07. The van der Waals surface area contributed by atoms with Crippen molar-refractivity contribution < 1.29 is 9.53 Å². The Hall–Kier alpha value is -3.43. The van der Waals surface area contributed by atoms with Gasteiger partial charge in [0.05, 0.1) is 18.6 Å². The lowest BCUT2D eigenvalue weighted by molar-refractivity contribution is -0.118. The minimum absolute atomic E-state index is 0.141. The Kier molecular flexibility index (Phi) is 8.11. The molecule has 7 nitrogen and oxygen atoms in total. The lowest BCUT2D eigenvalue weighted by Gasteiger charge is -2.11. The van der Waals surface area contributed by atoms with Crippen LogP contribution in [0.1, 0.15) is 12.5 Å². The van der Waals surface area contributed by atoms with Gasteiger partial charge in [-0.25, -0.2) is 5.43 Å². The van der Waals surface area contributed by atoms with Gasteiger partial charge in [-0.05, 0) is 48.9 Å². The minimum Gasteiger partial charge on any atom is -0.494 e. The number of aromatic nitrogens is 3. The molecule has 4 aromatic rings. The van der Waals surface area contributed by atoms with Crippen LogP contribution in [0.15, 0.2) is 93.6 Å². The summed E-state index contributed by atoms with van der Waals surface area (Å²) >= 11 is 4.69. The molecule has 0 aliphatic heterocycles. The van der Waals surface area contributed by atoms with E-state index in [-0.39, 0.29) is 11.7 Å². The molecule has 1 aromatic heterocycles. The minimum atomic E-state index is -0.235. The van der Waals surface area contributed by atoms with E-state index >= 15 is 0 Å². The largest absolute Gasteiger partial charge is 0.494 e. The Morgan fingerprint density at radius 2 is 1.79 bits per heavy atom. The van der Waals surface area contributed by atoms with E-state index in [1.165, 1.54) is 11.8 Å². The third-order valence-electron chi connectivity index (χ3n) is 4.68. The van der Waals surface area contributed by atoms with Crippen LogP contribution in [0.4, 0.5) is 0 Å². The van der Waals surface area contributed by atoms with Gasteiger partial charge < -0.3 is 4.74 Å². The molecule has 1 heterocycles. The molecule has 0 aliphatic carbocycles. The zero-order valence-electron chi connectivity index (χ0n) is 18.4. The number of nitrogens with zero attached hydrogens (tertiary/aromatic N) is 4. The van der Waals surface area contributed by atoms with Gasteiger partial charge in [0, 0.05) is 15.7 Å². The maximum Gasteiger partial charge on any atom is 0.250 e. The molecule has 9 heteroatoms. The average molecular weight is 536 g/mol. The molecule has 4 rings (SSSR count). The van der Waals surface area contributed by atoms with Crippen LogP contribution in [0.25, 0.3) is 17.1 Å². The maximum absolute atomic E-state index is 12.4. The van der Waals surface area contributed by atoms with Crippen LogP contribution in [-0.2, 0) is 4.79 Å². The Morgan fingerprint density at radius 3 is 2.50 bits per heavy atom. The van der Waals surface area contributed by atoms with Crippen LogP contribution in [0.5, 0.6) is 5.75 Å². The van der Waals surface area contributed by atoms with Gasteiger partial charge in [-0.2, -0.15) is 5.10 Å². The van der Waals surface area contributed by atoms with Crippen molar-refractivity contribution in [2.45, 2.75) is 12.1 Å². The molecule has 172 valence electrons. The van der Waals surface area contributed by atoms with Gasteiger partial charge in [-0.15, -0.1) is 10.2 Å². The first kappa shape index (κ1) is 23.7. The van der Waals surface area contributed by atoms with Crippen molar-refractivity contribution in [3.63, 3.8) is 0 Å². The monoisotopic (exact) mass is 535 g/mol. The van der Waals surface area contributed by atoms with Gasteiger partial charge in [-0.3, -0.25) is 9.36 Å². The van der Waals surface area contributed by atoms with Crippen LogP contribution in [0.2, 0.25) is 0 Å². The summed E-state index contributed by atoms with van der Waals surface area (Å²) in [7, 11) is 0. The van der Waals surface area contributed by atoms with E-state index in [2.05, 4.69) is 36.7 Å². The fraction of sp³-hybridized carbons (Fsp3) is 0.120. The maximum atomic E-state index is 12.4. The van der Waals surface area contributed by atoms with Crippen LogP contribution in [-0.4, -0.2) is 39.2 Å². The zero-order valence-corrected chi connectivity index (χ0v) is 20.8. The molecule has 0 saturated heterocycles. The van der Waals surface area contributed by atoms with Crippen molar-refractivity contribution in [3.8, 4) is 22.8 Å². The molecular weight excluding hydrogens is 514 g/mol. The standard InChI is InChI=1S/C25H22BrN5O2S/c1-2-33-22-14-12-21(13-15-22)31-24(19-6-4-3-5-7-19)29-30-25(31)34-17-23(32)28-27-16-18-8-10-20(26)11-9-18/h3-16H,2,17H2,1H3,(H,28,32). The molecule has 0 fully saturated rings. The van der Waals surface area contributed by atoms with E-state index < -0.39 is 0 Å². The molecule has 0 atom stereocenters. The van der Waals surface area contributed by atoms with Crippen molar-refractivity contribution >= 4 is 39.8 Å². The number of ether oxygens (including phenoxy) is 1. The SMILES string of the molecule is CCOc1ccc(-n2c(SCC(=O)NN=Cc3ccc(Br)cc3)nnc2-c2ccccc2)cc1. The first-order valence-electron chi connectivity index (χ1n) is 10.6. The van der Waals surface area contributed by atoms with Gasteiger partial charge >= 0.3 is 0 Å². The molecule has 0 spiro atoms. The molecule has 1 amide bonds. The fourth-order valence-corrected chi connectivity index (χ4v) is 4.13. The average Bonchev–Trinajstić information content (AvgIpc) is 3.29. The van der Waals surface area contributed by atoms with Crippen LogP contribution in [0, 0.1) is 0 Å². The summed E-state index contributed by atoms with van der Waals surface area (Å²) in [5.74, 6) is 1.39. The highest BCUT2D eigenvalue weighted by Gasteiger charge is 2.17. The second kappa shape index (κ2) is 11.6. The quantitative estimate of drug-likeness (QED) is 0.178. The van der Waals surface area contributed by atoms with Crippen LogP contribution < -0.4 is 10.2 Å². The number of hydrazone groups is 1. The third kappa shape index (κ3) is 6.12. The molecule has 1 N–H and O–H groups in total. The number of benzene rings is 3. The molecule has 3 aromatic carbocycles. The van der Waals surface area contributed by atoms with Crippen molar-refractivity contribution in [3.05, 3.63) is 88.9 Å². The summed E-state index contributed by atoms with van der Waals surface area (Å²) in [6.07, 6.45) is 1.60. The van der Waals surface area contributed by atoms with E-state index in [4.69, 9.17) is 4.74 Å². The highest BCUT2D eigenvalue weighted by Crippen LogP contribution is 2.28. The Morgan fingerprint density at radius 1 is 1.06 bits per heavy atom. The molecular formula is C25H22BrN5O2S. The fourth-order valence-electron chi connectivity index (χ4n) is 3.12. The summed E-state index contributed by atoms with van der Waals surface area (Å²) in [6, 6.07) is 25.2. The molecule has 0 radical (unpaired) electrons. The van der Waals surface area contributed by atoms with Crippen molar-refractivity contribution in [2.75, 3.05) is 12.4 Å². The van der Waals surface area contributed by atoms with Gasteiger partial charge in [0.1, 0.15) is 5.75 Å². The number of hydrogen-bond acceptors (Lipinski definition) is 6. The number of thioether (sulfide) groups is 1. The number of halogens is 1. The topological polar surface area (TPSA) is 81.4 Å². The second-order valence-corrected chi connectivity index (χ2v) is 8.93. The zero-order chi connectivity index (χ0) is 23.8. The Bertz CT molecular complexity index is 1260. The number of amides is 1. The molecule has 0 unspecified atom stereocenters. The third-order valence-corrected chi connectivity index (χ3v) is 6.13. The van der Waals surface area contributed by atoms with E-state index in [0.29, 0.717) is 17.6 Å². The first-order chi connectivity index (χ1) is 16.6. The predicted octanol–water partition coefficient (Wildman–Crippen LogP) is 5.34.